The molecule has 0 aliphatic carbocycles. The topological polar surface area (TPSA) is 18.5 Å². The molecule has 4 heteroatoms. The van der Waals surface area contributed by atoms with E-state index in [-0.39, 0.29) is 0 Å². The fraction of sp³-hybridized carbons (Fsp3) is 0.500. The van der Waals surface area contributed by atoms with Crippen LogP contribution in [0.2, 0.25) is 0 Å². The highest BCUT2D eigenvalue weighted by molar-refractivity contribution is 9.10. The van der Waals surface area contributed by atoms with Gasteiger partial charge in [-0.2, -0.15) is 0 Å². The van der Waals surface area contributed by atoms with Crippen molar-refractivity contribution in [2.75, 3.05) is 26.1 Å². The van der Waals surface area contributed by atoms with Crippen LogP contribution in [0, 0.1) is 5.41 Å². The summed E-state index contributed by atoms with van der Waals surface area (Å²) in [6, 6.07) is 6.09. The van der Waals surface area contributed by atoms with Crippen LogP contribution in [0.25, 0.3) is 0 Å². The maximum Gasteiger partial charge on any atom is 0.132 e. The highest BCUT2D eigenvalue weighted by Crippen LogP contribution is 2.38. The Labute approximate surface area is 109 Å². The molecule has 1 aliphatic heterocycles. The predicted molar refractivity (Wildman–Crippen MR) is 70.3 cm³/mol. The van der Waals surface area contributed by atoms with Crippen LogP contribution in [0.15, 0.2) is 27.6 Å². The molecule has 0 aromatic heterocycles. The Kier molecular flexibility index (Phi) is 3.82. The van der Waals surface area contributed by atoms with Gasteiger partial charge in [-0.3, -0.25) is 0 Å². The Balaban J connectivity index is 2.04. The van der Waals surface area contributed by atoms with Crippen LogP contribution in [0.1, 0.15) is 6.92 Å². The molecule has 1 aromatic carbocycles. The van der Waals surface area contributed by atoms with Gasteiger partial charge in [-0.25, -0.2) is 0 Å². The maximum atomic E-state index is 5.34. The standard InChI is InChI=1S/C12H15BrO2S/c1-12(6-15-7-12)8-16-11-5-9(13)3-4-10(11)14-2/h3-5H,6-8H2,1-2H3. The third-order valence-electron chi connectivity index (χ3n) is 2.60. The minimum Gasteiger partial charge on any atom is -0.496 e. The van der Waals surface area contributed by atoms with Crippen molar-refractivity contribution in [3.63, 3.8) is 0 Å². The van der Waals surface area contributed by atoms with Crippen LogP contribution in [-0.2, 0) is 4.74 Å². The van der Waals surface area contributed by atoms with Crippen molar-refractivity contribution in [3.8, 4) is 5.75 Å². The normalized spacial score (nSPS) is 17.9. The summed E-state index contributed by atoms with van der Waals surface area (Å²) in [5.41, 5.74) is 0.331. The number of halogens is 1. The molecule has 1 saturated heterocycles. The Hall–Kier alpha value is -0.190. The van der Waals surface area contributed by atoms with E-state index in [4.69, 9.17) is 9.47 Å². The molecular formula is C12H15BrO2S. The summed E-state index contributed by atoms with van der Waals surface area (Å²) in [6.07, 6.45) is 0. The van der Waals surface area contributed by atoms with Gasteiger partial charge in [-0.05, 0) is 18.2 Å². The van der Waals surface area contributed by atoms with Gasteiger partial charge >= 0.3 is 0 Å². The summed E-state index contributed by atoms with van der Waals surface area (Å²) in [5.74, 6) is 2.01. The highest BCUT2D eigenvalue weighted by Gasteiger charge is 2.33. The van der Waals surface area contributed by atoms with Gasteiger partial charge in [0.05, 0.1) is 25.2 Å². The molecule has 0 N–H and O–H groups in total. The fourth-order valence-corrected chi connectivity index (χ4v) is 3.24. The van der Waals surface area contributed by atoms with Crippen molar-refractivity contribution in [2.24, 2.45) is 5.41 Å². The average Bonchev–Trinajstić information content (AvgIpc) is 2.24. The highest BCUT2D eigenvalue weighted by atomic mass is 79.9. The summed E-state index contributed by atoms with van der Waals surface area (Å²) < 4.78 is 11.7. The van der Waals surface area contributed by atoms with Gasteiger partial charge < -0.3 is 9.47 Å². The molecule has 88 valence electrons. The predicted octanol–water partition coefficient (Wildman–Crippen LogP) is 3.59. The molecule has 0 atom stereocenters. The number of hydrogen-bond donors (Lipinski definition) is 0. The van der Waals surface area contributed by atoms with Crippen LogP contribution in [0.4, 0.5) is 0 Å². The molecule has 2 nitrogen and oxygen atoms in total. The van der Waals surface area contributed by atoms with E-state index < -0.39 is 0 Å². The van der Waals surface area contributed by atoms with Gasteiger partial charge in [-0.15, -0.1) is 11.8 Å². The molecule has 1 heterocycles. The molecule has 0 bridgehead atoms. The lowest BCUT2D eigenvalue weighted by Gasteiger charge is -2.37. The Morgan fingerprint density at radius 1 is 1.50 bits per heavy atom. The first kappa shape index (κ1) is 12.3. The van der Waals surface area contributed by atoms with Crippen LogP contribution in [-0.4, -0.2) is 26.1 Å². The van der Waals surface area contributed by atoms with Crippen molar-refractivity contribution in [2.45, 2.75) is 11.8 Å². The lowest BCUT2D eigenvalue weighted by molar-refractivity contribution is -0.0861. The maximum absolute atomic E-state index is 5.34. The molecule has 0 saturated carbocycles. The van der Waals surface area contributed by atoms with E-state index in [0.717, 1.165) is 29.2 Å². The SMILES string of the molecule is COc1ccc(Br)cc1SCC1(C)COC1. The molecule has 0 spiro atoms. The number of rotatable bonds is 4. The van der Waals surface area contributed by atoms with E-state index in [2.05, 4.69) is 28.9 Å². The van der Waals surface area contributed by atoms with E-state index in [9.17, 15) is 0 Å². The van der Waals surface area contributed by atoms with Crippen molar-refractivity contribution >= 4 is 27.7 Å². The van der Waals surface area contributed by atoms with Gasteiger partial charge in [0.15, 0.2) is 0 Å². The van der Waals surface area contributed by atoms with E-state index in [1.165, 1.54) is 4.90 Å². The quantitative estimate of drug-likeness (QED) is 0.792. The molecule has 2 rings (SSSR count). The van der Waals surface area contributed by atoms with Crippen LogP contribution >= 0.6 is 27.7 Å². The third-order valence-corrected chi connectivity index (χ3v) is 4.57. The van der Waals surface area contributed by atoms with Crippen molar-refractivity contribution in [1.29, 1.82) is 0 Å². The second kappa shape index (κ2) is 4.98. The minimum atomic E-state index is 0.331. The fourth-order valence-electron chi connectivity index (χ4n) is 1.55. The summed E-state index contributed by atoms with van der Waals surface area (Å²) >= 11 is 5.32. The zero-order chi connectivity index (χ0) is 11.6. The second-order valence-electron chi connectivity index (χ2n) is 4.39. The smallest absolute Gasteiger partial charge is 0.132 e. The van der Waals surface area contributed by atoms with E-state index in [0.29, 0.717) is 5.41 Å². The first-order valence-electron chi connectivity index (χ1n) is 5.17. The number of hydrogen-bond acceptors (Lipinski definition) is 3. The zero-order valence-corrected chi connectivity index (χ0v) is 11.9. The lowest BCUT2D eigenvalue weighted by Crippen LogP contribution is -2.41. The first-order valence-corrected chi connectivity index (χ1v) is 6.95. The van der Waals surface area contributed by atoms with E-state index in [1.807, 2.05) is 23.9 Å². The average molecular weight is 303 g/mol. The van der Waals surface area contributed by atoms with Gasteiger partial charge in [-0.1, -0.05) is 22.9 Å². The van der Waals surface area contributed by atoms with Crippen LogP contribution in [0.3, 0.4) is 0 Å². The Morgan fingerprint density at radius 3 is 2.81 bits per heavy atom. The number of thioether (sulfide) groups is 1. The van der Waals surface area contributed by atoms with Gasteiger partial charge in [0.25, 0.3) is 0 Å². The number of ether oxygens (including phenoxy) is 2. The Bertz CT molecular complexity index is 377. The second-order valence-corrected chi connectivity index (χ2v) is 6.32. The number of benzene rings is 1. The number of methoxy groups -OCH3 is 1. The van der Waals surface area contributed by atoms with Crippen molar-refractivity contribution < 1.29 is 9.47 Å². The summed E-state index contributed by atoms with van der Waals surface area (Å²) in [7, 11) is 1.71. The first-order chi connectivity index (χ1) is 7.63. The van der Waals surface area contributed by atoms with Crippen LogP contribution < -0.4 is 4.74 Å². The molecule has 16 heavy (non-hydrogen) atoms. The van der Waals surface area contributed by atoms with Crippen LogP contribution in [0.5, 0.6) is 5.75 Å². The zero-order valence-electron chi connectivity index (χ0n) is 9.46. The van der Waals surface area contributed by atoms with E-state index >= 15 is 0 Å². The monoisotopic (exact) mass is 302 g/mol. The van der Waals surface area contributed by atoms with Gasteiger partial charge in [0.2, 0.25) is 0 Å². The molecule has 0 unspecified atom stereocenters. The van der Waals surface area contributed by atoms with Crippen molar-refractivity contribution in [3.05, 3.63) is 22.7 Å². The lowest BCUT2D eigenvalue weighted by atomic mass is 9.92. The molecule has 1 aliphatic rings. The molecule has 1 aromatic rings. The van der Waals surface area contributed by atoms with E-state index in [1.54, 1.807) is 7.11 Å². The van der Waals surface area contributed by atoms with Crippen molar-refractivity contribution in [1.82, 2.24) is 0 Å². The largest absolute Gasteiger partial charge is 0.496 e. The summed E-state index contributed by atoms with van der Waals surface area (Å²) in [6.45, 7) is 4.00. The molecular weight excluding hydrogens is 288 g/mol. The van der Waals surface area contributed by atoms with Gasteiger partial charge in [0.1, 0.15) is 5.75 Å². The van der Waals surface area contributed by atoms with Gasteiger partial charge in [0, 0.05) is 15.6 Å². The Morgan fingerprint density at radius 2 is 2.25 bits per heavy atom. The summed E-state index contributed by atoms with van der Waals surface area (Å²) in [5, 5.41) is 0. The molecule has 0 amide bonds. The molecule has 0 radical (unpaired) electrons. The molecule has 1 fully saturated rings. The summed E-state index contributed by atoms with van der Waals surface area (Å²) in [4.78, 5) is 1.19. The minimum absolute atomic E-state index is 0.331. The third kappa shape index (κ3) is 2.73.